The summed E-state index contributed by atoms with van der Waals surface area (Å²) in [7, 11) is 1.52. The zero-order valence-corrected chi connectivity index (χ0v) is 9.77. The highest BCUT2D eigenvalue weighted by Gasteiger charge is 2.17. The van der Waals surface area contributed by atoms with Crippen LogP contribution in [0, 0.1) is 10.1 Å². The summed E-state index contributed by atoms with van der Waals surface area (Å²) in [4.78, 5) is 22.0. The summed E-state index contributed by atoms with van der Waals surface area (Å²) in [5.74, 6) is -1.09. The molecule has 2 aromatic rings. The van der Waals surface area contributed by atoms with Gasteiger partial charge in [0.2, 0.25) is 5.69 Å². The van der Waals surface area contributed by atoms with E-state index in [0.29, 0.717) is 5.69 Å². The molecule has 9 nitrogen and oxygen atoms in total. The Balaban J connectivity index is 2.41. The Kier molecular flexibility index (Phi) is 3.10. The molecular weight excluding hydrogens is 254 g/mol. The molecule has 1 heterocycles. The predicted octanol–water partition coefficient (Wildman–Crippen LogP) is 0.915. The van der Waals surface area contributed by atoms with Gasteiger partial charge in [-0.1, -0.05) is 0 Å². The summed E-state index contributed by atoms with van der Waals surface area (Å²) < 4.78 is 0. The number of nitro groups is 1. The molecule has 0 aliphatic heterocycles. The van der Waals surface area contributed by atoms with Crippen molar-refractivity contribution in [2.24, 2.45) is 0 Å². The molecule has 2 rings (SSSR count). The molecule has 0 aliphatic carbocycles. The zero-order chi connectivity index (χ0) is 14.0. The van der Waals surface area contributed by atoms with E-state index in [0.717, 1.165) is 4.80 Å². The lowest BCUT2D eigenvalue weighted by atomic mass is 10.3. The van der Waals surface area contributed by atoms with Gasteiger partial charge in [0.1, 0.15) is 0 Å². The molecule has 0 atom stereocenters. The van der Waals surface area contributed by atoms with Crippen LogP contribution in [0.4, 0.5) is 11.5 Å². The lowest BCUT2D eigenvalue weighted by molar-refractivity contribution is -0.384. The number of carboxylic acids is 1. The monoisotopic (exact) mass is 263 g/mol. The number of anilines is 1. The topological polar surface area (TPSA) is 123 Å². The first-order valence-electron chi connectivity index (χ1n) is 5.16. The number of non-ortho nitro benzene ring substituents is 1. The van der Waals surface area contributed by atoms with Crippen LogP contribution in [0.25, 0.3) is 5.69 Å². The van der Waals surface area contributed by atoms with Crippen LogP contribution in [-0.4, -0.2) is 38.0 Å². The molecule has 0 amide bonds. The Morgan fingerprint density at radius 1 is 1.37 bits per heavy atom. The molecule has 0 spiro atoms. The van der Waals surface area contributed by atoms with Crippen LogP contribution in [0.3, 0.4) is 0 Å². The molecule has 0 fully saturated rings. The standard InChI is InChI=1S/C10H9N5O4/c1-11-9-8(10(16)17)12-14(13-9)6-2-4-7(5-3-6)15(18)19/h2-5H,1H3,(H,11,13)(H,16,17). The zero-order valence-electron chi connectivity index (χ0n) is 9.77. The number of nitro benzene ring substituents is 1. The maximum Gasteiger partial charge on any atom is 0.360 e. The fourth-order valence-electron chi connectivity index (χ4n) is 1.44. The maximum absolute atomic E-state index is 10.9. The van der Waals surface area contributed by atoms with Crippen molar-refractivity contribution in [1.82, 2.24) is 15.0 Å². The summed E-state index contributed by atoms with van der Waals surface area (Å²) in [6.07, 6.45) is 0. The lowest BCUT2D eigenvalue weighted by Crippen LogP contribution is -2.03. The van der Waals surface area contributed by atoms with E-state index < -0.39 is 10.9 Å². The Hall–Kier alpha value is -2.97. The van der Waals surface area contributed by atoms with Crippen molar-refractivity contribution in [3.05, 3.63) is 40.1 Å². The molecule has 0 bridgehead atoms. The van der Waals surface area contributed by atoms with Crippen molar-refractivity contribution in [3.63, 3.8) is 0 Å². The minimum Gasteiger partial charge on any atom is -0.476 e. The highest BCUT2D eigenvalue weighted by Crippen LogP contribution is 2.16. The van der Waals surface area contributed by atoms with Crippen LogP contribution in [0.1, 0.15) is 10.5 Å². The Morgan fingerprint density at radius 2 is 2.00 bits per heavy atom. The van der Waals surface area contributed by atoms with E-state index in [4.69, 9.17) is 5.11 Å². The third-order valence-electron chi connectivity index (χ3n) is 2.34. The number of nitrogens with zero attached hydrogens (tertiary/aromatic N) is 4. The number of carboxylic acid groups (broad SMARTS) is 1. The van der Waals surface area contributed by atoms with Gasteiger partial charge in [0.05, 0.1) is 10.6 Å². The molecule has 98 valence electrons. The Labute approximate surface area is 106 Å². The molecule has 0 unspecified atom stereocenters. The van der Waals surface area contributed by atoms with Gasteiger partial charge in [-0.05, 0) is 12.1 Å². The van der Waals surface area contributed by atoms with Crippen LogP contribution in [0.5, 0.6) is 0 Å². The smallest absolute Gasteiger partial charge is 0.360 e. The SMILES string of the molecule is CNc1nn(-c2ccc([N+](=O)[O-])cc2)nc1C(=O)O. The van der Waals surface area contributed by atoms with E-state index >= 15 is 0 Å². The first-order valence-corrected chi connectivity index (χ1v) is 5.16. The third kappa shape index (κ3) is 2.34. The highest BCUT2D eigenvalue weighted by atomic mass is 16.6. The molecule has 0 aliphatic rings. The number of benzene rings is 1. The average molecular weight is 263 g/mol. The van der Waals surface area contributed by atoms with E-state index in [1.165, 1.54) is 31.3 Å². The summed E-state index contributed by atoms with van der Waals surface area (Å²) in [5.41, 5.74) is 0.138. The molecule has 0 radical (unpaired) electrons. The fraction of sp³-hybridized carbons (Fsp3) is 0.100. The number of carbonyl (C=O) groups is 1. The molecule has 1 aromatic heterocycles. The normalized spacial score (nSPS) is 10.2. The van der Waals surface area contributed by atoms with Crippen molar-refractivity contribution in [3.8, 4) is 5.69 Å². The first kappa shape index (κ1) is 12.5. The Morgan fingerprint density at radius 3 is 2.42 bits per heavy atom. The largest absolute Gasteiger partial charge is 0.476 e. The molecule has 2 N–H and O–H groups in total. The van der Waals surface area contributed by atoms with Crippen molar-refractivity contribution in [2.75, 3.05) is 12.4 Å². The minimum absolute atomic E-state index is 0.0665. The minimum atomic E-state index is -1.21. The molecule has 1 aromatic carbocycles. The second kappa shape index (κ2) is 4.72. The van der Waals surface area contributed by atoms with E-state index in [1.54, 1.807) is 0 Å². The first-order chi connectivity index (χ1) is 9.02. The van der Waals surface area contributed by atoms with E-state index in [1.807, 2.05) is 0 Å². The van der Waals surface area contributed by atoms with Crippen molar-refractivity contribution in [1.29, 1.82) is 0 Å². The number of hydrogen-bond donors (Lipinski definition) is 2. The van der Waals surface area contributed by atoms with E-state index in [-0.39, 0.29) is 17.2 Å². The second-order valence-corrected chi connectivity index (χ2v) is 3.52. The summed E-state index contributed by atoms with van der Waals surface area (Å²) in [5, 5.41) is 29.8. The van der Waals surface area contributed by atoms with Gasteiger partial charge < -0.3 is 10.4 Å². The fourth-order valence-corrected chi connectivity index (χ4v) is 1.44. The van der Waals surface area contributed by atoms with E-state index in [2.05, 4.69) is 15.5 Å². The molecule has 9 heteroatoms. The molecule has 0 saturated carbocycles. The van der Waals surface area contributed by atoms with Crippen LogP contribution in [0.15, 0.2) is 24.3 Å². The summed E-state index contributed by atoms with van der Waals surface area (Å²) in [6, 6.07) is 5.45. The highest BCUT2D eigenvalue weighted by molar-refractivity contribution is 5.90. The molecule has 19 heavy (non-hydrogen) atoms. The van der Waals surface area contributed by atoms with Crippen LogP contribution in [0.2, 0.25) is 0 Å². The number of nitrogens with one attached hydrogen (secondary N) is 1. The average Bonchev–Trinajstić information content (AvgIpc) is 2.83. The second-order valence-electron chi connectivity index (χ2n) is 3.52. The van der Waals surface area contributed by atoms with Crippen LogP contribution in [-0.2, 0) is 0 Å². The van der Waals surface area contributed by atoms with Gasteiger partial charge in [-0.3, -0.25) is 10.1 Å². The number of rotatable bonds is 4. The third-order valence-corrected chi connectivity index (χ3v) is 2.34. The van der Waals surface area contributed by atoms with Gasteiger partial charge in [-0.15, -0.1) is 15.0 Å². The lowest BCUT2D eigenvalue weighted by Gasteiger charge is -1.98. The van der Waals surface area contributed by atoms with E-state index in [9.17, 15) is 14.9 Å². The van der Waals surface area contributed by atoms with Gasteiger partial charge in [0.15, 0.2) is 5.82 Å². The predicted molar refractivity (Wildman–Crippen MR) is 64.5 cm³/mol. The molecular formula is C10H9N5O4. The Bertz CT molecular complexity index is 634. The quantitative estimate of drug-likeness (QED) is 0.620. The summed E-state index contributed by atoms with van der Waals surface area (Å²) >= 11 is 0. The summed E-state index contributed by atoms with van der Waals surface area (Å²) in [6.45, 7) is 0. The van der Waals surface area contributed by atoms with Crippen LogP contribution >= 0.6 is 0 Å². The van der Waals surface area contributed by atoms with Crippen molar-refractivity contribution >= 4 is 17.5 Å². The van der Waals surface area contributed by atoms with Gasteiger partial charge in [-0.2, -0.15) is 0 Å². The number of hydrogen-bond acceptors (Lipinski definition) is 6. The van der Waals surface area contributed by atoms with Gasteiger partial charge in [0.25, 0.3) is 5.69 Å². The number of aromatic carboxylic acids is 1. The van der Waals surface area contributed by atoms with Crippen LogP contribution < -0.4 is 5.32 Å². The molecule has 0 saturated heterocycles. The van der Waals surface area contributed by atoms with Gasteiger partial charge >= 0.3 is 5.97 Å². The number of aromatic nitrogens is 3. The maximum atomic E-state index is 10.9. The van der Waals surface area contributed by atoms with Crippen molar-refractivity contribution in [2.45, 2.75) is 0 Å². The van der Waals surface area contributed by atoms with Gasteiger partial charge in [-0.25, -0.2) is 4.79 Å². The van der Waals surface area contributed by atoms with Gasteiger partial charge in [0, 0.05) is 19.2 Å². The van der Waals surface area contributed by atoms with Crippen molar-refractivity contribution < 1.29 is 14.8 Å².